The van der Waals surface area contributed by atoms with E-state index in [0.29, 0.717) is 5.70 Å². The third kappa shape index (κ3) is 4.97. The van der Waals surface area contributed by atoms with Crippen LogP contribution in [0.1, 0.15) is 13.8 Å². The Morgan fingerprint density at radius 1 is 1.82 bits per heavy atom. The van der Waals surface area contributed by atoms with E-state index in [2.05, 4.69) is 4.74 Å². The normalized spacial score (nSPS) is 13.4. The SMILES string of the molecule is CC(N)=CC(=O)OC(C)C#N. The molecule has 0 aliphatic carbocycles. The van der Waals surface area contributed by atoms with Gasteiger partial charge in [0.15, 0.2) is 6.10 Å². The molecule has 0 heterocycles. The van der Waals surface area contributed by atoms with E-state index < -0.39 is 12.1 Å². The molecule has 0 saturated carbocycles. The monoisotopic (exact) mass is 154 g/mol. The van der Waals surface area contributed by atoms with Crippen LogP contribution < -0.4 is 5.73 Å². The largest absolute Gasteiger partial charge is 0.444 e. The Labute approximate surface area is 65.2 Å². The Morgan fingerprint density at radius 3 is 2.73 bits per heavy atom. The average molecular weight is 154 g/mol. The highest BCUT2D eigenvalue weighted by molar-refractivity contribution is 5.82. The molecule has 1 unspecified atom stereocenters. The maximum absolute atomic E-state index is 10.7. The molecule has 60 valence electrons. The number of rotatable bonds is 2. The van der Waals surface area contributed by atoms with E-state index in [1.165, 1.54) is 6.92 Å². The number of carbonyl (C=O) groups excluding carboxylic acids is 1. The zero-order chi connectivity index (χ0) is 8.85. The van der Waals surface area contributed by atoms with Crippen molar-refractivity contribution in [3.8, 4) is 6.07 Å². The fourth-order valence-electron chi connectivity index (χ4n) is 0.420. The topological polar surface area (TPSA) is 76.1 Å². The summed E-state index contributed by atoms with van der Waals surface area (Å²) in [4.78, 5) is 10.7. The maximum atomic E-state index is 10.7. The smallest absolute Gasteiger partial charge is 0.333 e. The lowest BCUT2D eigenvalue weighted by atomic mass is 10.4. The summed E-state index contributed by atoms with van der Waals surface area (Å²) in [5, 5.41) is 8.24. The highest BCUT2D eigenvalue weighted by Gasteiger charge is 2.03. The molecule has 0 bridgehead atoms. The number of hydrogen-bond donors (Lipinski definition) is 1. The third-order valence-electron chi connectivity index (χ3n) is 0.820. The highest BCUT2D eigenvalue weighted by atomic mass is 16.5. The van der Waals surface area contributed by atoms with Gasteiger partial charge in [-0.2, -0.15) is 5.26 Å². The molecule has 2 N–H and O–H groups in total. The van der Waals surface area contributed by atoms with Crippen molar-refractivity contribution in [3.05, 3.63) is 11.8 Å². The molecule has 0 saturated heterocycles. The minimum absolute atomic E-state index is 0.361. The van der Waals surface area contributed by atoms with Gasteiger partial charge < -0.3 is 10.5 Å². The lowest BCUT2D eigenvalue weighted by molar-refractivity contribution is -0.139. The van der Waals surface area contributed by atoms with Crippen LogP contribution in [0.2, 0.25) is 0 Å². The van der Waals surface area contributed by atoms with Crippen LogP contribution in [0.5, 0.6) is 0 Å². The van der Waals surface area contributed by atoms with Crippen molar-refractivity contribution in [1.82, 2.24) is 0 Å². The average Bonchev–Trinajstić information content (AvgIpc) is 1.85. The van der Waals surface area contributed by atoms with Gasteiger partial charge in [0, 0.05) is 11.8 Å². The number of allylic oxidation sites excluding steroid dienone is 1. The quantitative estimate of drug-likeness (QED) is 0.458. The van der Waals surface area contributed by atoms with Crippen LogP contribution in [0.25, 0.3) is 0 Å². The van der Waals surface area contributed by atoms with Crippen LogP contribution in [0, 0.1) is 11.3 Å². The molecule has 0 fully saturated rings. The lowest BCUT2D eigenvalue weighted by Crippen LogP contribution is -2.11. The first-order chi connectivity index (χ1) is 5.06. The summed E-state index contributed by atoms with van der Waals surface area (Å²) in [6.45, 7) is 3.05. The molecule has 0 aliphatic rings. The second kappa shape index (κ2) is 4.34. The zero-order valence-corrected chi connectivity index (χ0v) is 6.50. The Balaban J connectivity index is 3.92. The summed E-state index contributed by atoms with van der Waals surface area (Å²) in [5.74, 6) is -0.584. The van der Waals surface area contributed by atoms with Crippen LogP contribution in [0.3, 0.4) is 0 Å². The van der Waals surface area contributed by atoms with E-state index in [4.69, 9.17) is 11.0 Å². The van der Waals surface area contributed by atoms with Gasteiger partial charge >= 0.3 is 5.97 Å². The minimum atomic E-state index is -0.724. The molecule has 11 heavy (non-hydrogen) atoms. The molecular weight excluding hydrogens is 144 g/mol. The highest BCUT2D eigenvalue weighted by Crippen LogP contribution is 1.91. The van der Waals surface area contributed by atoms with Crippen molar-refractivity contribution in [2.75, 3.05) is 0 Å². The van der Waals surface area contributed by atoms with Gasteiger partial charge in [-0.25, -0.2) is 4.79 Å². The number of nitrogens with two attached hydrogens (primary N) is 1. The second-order valence-electron chi connectivity index (χ2n) is 2.10. The van der Waals surface area contributed by atoms with Crippen molar-refractivity contribution in [3.63, 3.8) is 0 Å². The van der Waals surface area contributed by atoms with E-state index in [1.807, 2.05) is 0 Å². The van der Waals surface area contributed by atoms with Crippen molar-refractivity contribution in [2.24, 2.45) is 5.73 Å². The van der Waals surface area contributed by atoms with Gasteiger partial charge in [-0.3, -0.25) is 0 Å². The van der Waals surface area contributed by atoms with Crippen molar-refractivity contribution in [2.45, 2.75) is 20.0 Å². The first kappa shape index (κ1) is 9.50. The number of carbonyl (C=O) groups is 1. The lowest BCUT2D eigenvalue weighted by Gasteiger charge is -2.01. The zero-order valence-electron chi connectivity index (χ0n) is 6.50. The predicted octanol–water partition coefficient (Wildman–Crippen LogP) is 0.304. The van der Waals surface area contributed by atoms with E-state index in [-0.39, 0.29) is 0 Å². The predicted molar refractivity (Wildman–Crippen MR) is 39.1 cm³/mol. The fraction of sp³-hybridized carbons (Fsp3) is 0.429. The summed E-state index contributed by atoms with van der Waals surface area (Å²) < 4.78 is 4.55. The molecule has 1 atom stereocenters. The molecular formula is C7H10N2O2. The van der Waals surface area contributed by atoms with Crippen molar-refractivity contribution in [1.29, 1.82) is 5.26 Å². The van der Waals surface area contributed by atoms with Crippen LogP contribution in [0.4, 0.5) is 0 Å². The van der Waals surface area contributed by atoms with E-state index in [0.717, 1.165) is 6.08 Å². The van der Waals surface area contributed by atoms with Gasteiger partial charge in [0.05, 0.1) is 0 Å². The van der Waals surface area contributed by atoms with Gasteiger partial charge in [-0.1, -0.05) is 0 Å². The van der Waals surface area contributed by atoms with Crippen LogP contribution >= 0.6 is 0 Å². The number of hydrogen-bond acceptors (Lipinski definition) is 4. The van der Waals surface area contributed by atoms with E-state index in [9.17, 15) is 4.79 Å². The molecule has 4 heteroatoms. The summed E-state index contributed by atoms with van der Waals surface area (Å²) in [7, 11) is 0. The molecule has 0 aliphatic heterocycles. The summed E-state index contributed by atoms with van der Waals surface area (Å²) in [6, 6.07) is 1.76. The molecule has 4 nitrogen and oxygen atoms in total. The fourth-order valence-corrected chi connectivity index (χ4v) is 0.420. The van der Waals surface area contributed by atoms with E-state index in [1.54, 1.807) is 13.0 Å². The number of ether oxygens (including phenoxy) is 1. The first-order valence-electron chi connectivity index (χ1n) is 3.10. The van der Waals surface area contributed by atoms with Gasteiger partial charge in [0.25, 0.3) is 0 Å². The summed E-state index contributed by atoms with van der Waals surface area (Å²) in [5.41, 5.74) is 5.55. The standard InChI is InChI=1S/C7H10N2O2/c1-5(9)3-7(10)11-6(2)4-8/h3,6H,9H2,1-2H3. The van der Waals surface area contributed by atoms with E-state index >= 15 is 0 Å². The minimum Gasteiger partial charge on any atom is -0.444 e. The molecule has 0 spiro atoms. The summed E-state index contributed by atoms with van der Waals surface area (Å²) >= 11 is 0. The van der Waals surface area contributed by atoms with Gasteiger partial charge in [0.1, 0.15) is 6.07 Å². The Hall–Kier alpha value is -1.50. The Morgan fingerprint density at radius 2 is 2.36 bits per heavy atom. The third-order valence-corrected chi connectivity index (χ3v) is 0.820. The Bertz CT molecular complexity index is 211. The maximum Gasteiger partial charge on any atom is 0.333 e. The van der Waals surface area contributed by atoms with Crippen molar-refractivity contribution < 1.29 is 9.53 Å². The molecule has 0 aromatic heterocycles. The van der Waals surface area contributed by atoms with Gasteiger partial charge in [-0.15, -0.1) is 0 Å². The molecule has 0 aromatic carbocycles. The molecule has 0 radical (unpaired) electrons. The van der Waals surface area contributed by atoms with Crippen LogP contribution in [-0.4, -0.2) is 12.1 Å². The number of nitrogens with zero attached hydrogens (tertiary/aromatic N) is 1. The van der Waals surface area contributed by atoms with Crippen LogP contribution in [0.15, 0.2) is 11.8 Å². The first-order valence-corrected chi connectivity index (χ1v) is 3.10. The second-order valence-corrected chi connectivity index (χ2v) is 2.10. The Kier molecular flexibility index (Phi) is 3.75. The van der Waals surface area contributed by atoms with Crippen molar-refractivity contribution >= 4 is 5.97 Å². The number of nitriles is 1. The molecule has 0 aromatic rings. The van der Waals surface area contributed by atoms with Crippen LogP contribution in [-0.2, 0) is 9.53 Å². The molecule has 0 amide bonds. The molecule has 0 rings (SSSR count). The van der Waals surface area contributed by atoms with Gasteiger partial charge in [0.2, 0.25) is 0 Å². The van der Waals surface area contributed by atoms with Gasteiger partial charge in [-0.05, 0) is 13.8 Å². The number of esters is 1. The summed E-state index contributed by atoms with van der Waals surface area (Å²) in [6.07, 6.45) is 0.409.